The third-order valence-electron chi connectivity index (χ3n) is 5.08. The third-order valence-corrected chi connectivity index (χ3v) is 5.08. The Bertz CT molecular complexity index is 1120. The average molecular weight is 363 g/mol. The van der Waals surface area contributed by atoms with Crippen molar-refractivity contribution in [2.45, 2.75) is 18.9 Å². The highest BCUT2D eigenvalue weighted by atomic mass is 16.5. The van der Waals surface area contributed by atoms with E-state index in [0.717, 1.165) is 59.0 Å². The van der Waals surface area contributed by atoms with Gasteiger partial charge in [-0.1, -0.05) is 0 Å². The van der Waals surface area contributed by atoms with Crippen LogP contribution < -0.4 is 15.8 Å². The Balaban J connectivity index is 1.67. The molecule has 0 atom stereocenters. The molecule has 1 aliphatic rings. The lowest BCUT2D eigenvalue weighted by Gasteiger charge is -2.24. The Kier molecular flexibility index (Phi) is 3.71. The number of aromatic amines is 1. The van der Waals surface area contributed by atoms with Crippen LogP contribution in [0.4, 0.5) is 5.82 Å². The maximum absolute atomic E-state index is 6.32. The third kappa shape index (κ3) is 2.78. The minimum absolute atomic E-state index is 0.139. The lowest BCUT2D eigenvalue weighted by molar-refractivity contribution is 0.165. The summed E-state index contributed by atoms with van der Waals surface area (Å²) in [5.74, 6) is 1.06. The largest absolute Gasteiger partial charge is 0.486 e. The van der Waals surface area contributed by atoms with E-state index in [-0.39, 0.29) is 6.10 Å². The van der Waals surface area contributed by atoms with Gasteiger partial charge in [-0.15, -0.1) is 0 Å². The fourth-order valence-electron chi connectivity index (χ4n) is 3.68. The van der Waals surface area contributed by atoms with Crippen LogP contribution in [0.1, 0.15) is 12.8 Å². The number of H-pyrrole nitrogens is 1. The number of anilines is 1. The maximum atomic E-state index is 6.32. The van der Waals surface area contributed by atoms with E-state index in [9.17, 15) is 0 Å². The van der Waals surface area contributed by atoms with Crippen LogP contribution in [0, 0.1) is 0 Å². The number of fused-ring (bicyclic) bond motifs is 3. The molecule has 1 saturated heterocycles. The topological polar surface area (TPSA) is 107 Å². The average Bonchev–Trinajstić information content (AvgIpc) is 3.28. The SMILES string of the molecule is Cn1cc(-c2cnc3[nH]c4cnc(N)c(OC5CCNCC5)c4c3c2)cn1. The first kappa shape index (κ1) is 16.1. The van der Waals surface area contributed by atoms with Crippen LogP contribution in [0.3, 0.4) is 0 Å². The molecule has 4 N–H and O–H groups in total. The molecule has 27 heavy (non-hydrogen) atoms. The van der Waals surface area contributed by atoms with Gasteiger partial charge < -0.3 is 20.8 Å². The number of nitrogens with two attached hydrogens (primary N) is 1. The van der Waals surface area contributed by atoms with Gasteiger partial charge in [0.15, 0.2) is 11.6 Å². The fourth-order valence-corrected chi connectivity index (χ4v) is 3.68. The number of nitrogens with one attached hydrogen (secondary N) is 2. The van der Waals surface area contributed by atoms with E-state index in [1.54, 1.807) is 10.9 Å². The van der Waals surface area contributed by atoms with Crippen LogP contribution in [0.2, 0.25) is 0 Å². The lowest BCUT2D eigenvalue weighted by Crippen LogP contribution is -2.34. The Morgan fingerprint density at radius 2 is 2.00 bits per heavy atom. The molecule has 4 aromatic heterocycles. The first-order chi connectivity index (χ1) is 13.2. The van der Waals surface area contributed by atoms with E-state index in [1.165, 1.54) is 0 Å². The maximum Gasteiger partial charge on any atom is 0.171 e. The predicted octanol–water partition coefficient (Wildman–Crippen LogP) is 2.22. The Morgan fingerprint density at radius 1 is 1.15 bits per heavy atom. The molecule has 0 radical (unpaired) electrons. The molecule has 4 aromatic rings. The molecule has 0 aliphatic carbocycles. The van der Waals surface area contributed by atoms with Gasteiger partial charge in [0.2, 0.25) is 0 Å². The summed E-state index contributed by atoms with van der Waals surface area (Å²) < 4.78 is 8.10. The Labute approximate surface area is 155 Å². The molecular formula is C19H21N7O. The van der Waals surface area contributed by atoms with Crippen molar-refractivity contribution in [3.05, 3.63) is 30.9 Å². The molecule has 0 bridgehead atoms. The summed E-state index contributed by atoms with van der Waals surface area (Å²) in [5, 5.41) is 9.52. The molecule has 138 valence electrons. The number of nitrogen functional groups attached to an aromatic ring is 1. The van der Waals surface area contributed by atoms with Crippen molar-refractivity contribution < 1.29 is 4.74 Å². The highest BCUT2D eigenvalue weighted by Crippen LogP contribution is 2.38. The smallest absolute Gasteiger partial charge is 0.171 e. The number of hydrogen-bond donors (Lipinski definition) is 3. The zero-order valence-corrected chi connectivity index (χ0v) is 15.1. The fraction of sp³-hybridized carbons (Fsp3) is 0.316. The Hall–Kier alpha value is -3.13. The Morgan fingerprint density at radius 3 is 2.78 bits per heavy atom. The van der Waals surface area contributed by atoms with Gasteiger partial charge >= 0.3 is 0 Å². The minimum Gasteiger partial charge on any atom is -0.486 e. The summed E-state index contributed by atoms with van der Waals surface area (Å²) in [7, 11) is 1.90. The van der Waals surface area contributed by atoms with Gasteiger partial charge in [0, 0.05) is 36.0 Å². The van der Waals surface area contributed by atoms with E-state index in [1.807, 2.05) is 25.6 Å². The van der Waals surface area contributed by atoms with Crippen LogP contribution in [0.15, 0.2) is 30.9 Å². The van der Waals surface area contributed by atoms with Gasteiger partial charge in [-0.05, 0) is 32.0 Å². The van der Waals surface area contributed by atoms with Crippen molar-refractivity contribution in [1.29, 1.82) is 0 Å². The standard InChI is InChI=1S/C19H21N7O/c1-26-10-12(8-24-26)11-6-14-16-15(25-19(14)23-7-11)9-22-18(20)17(16)27-13-2-4-21-5-3-13/h6-10,13,21H,2-5H2,1H3,(H2,20,22)(H,23,25). The normalized spacial score (nSPS) is 15.6. The van der Waals surface area contributed by atoms with Crippen LogP contribution >= 0.6 is 0 Å². The molecule has 0 unspecified atom stereocenters. The monoisotopic (exact) mass is 363 g/mol. The van der Waals surface area contributed by atoms with Crippen LogP contribution in [0.25, 0.3) is 33.1 Å². The quantitative estimate of drug-likeness (QED) is 0.515. The van der Waals surface area contributed by atoms with Crippen molar-refractivity contribution in [3.63, 3.8) is 0 Å². The van der Waals surface area contributed by atoms with Crippen molar-refractivity contribution in [2.24, 2.45) is 7.05 Å². The summed E-state index contributed by atoms with van der Waals surface area (Å²) in [6.45, 7) is 1.91. The molecule has 0 saturated carbocycles. The van der Waals surface area contributed by atoms with Crippen LogP contribution in [-0.4, -0.2) is 43.9 Å². The van der Waals surface area contributed by atoms with Gasteiger partial charge in [0.25, 0.3) is 0 Å². The van der Waals surface area contributed by atoms with Gasteiger partial charge in [-0.25, -0.2) is 9.97 Å². The number of hydrogen-bond acceptors (Lipinski definition) is 6. The van der Waals surface area contributed by atoms with Gasteiger partial charge in [-0.3, -0.25) is 4.68 Å². The molecule has 0 amide bonds. The summed E-state index contributed by atoms with van der Waals surface area (Å²) in [4.78, 5) is 12.2. The molecule has 0 aromatic carbocycles. The number of piperidine rings is 1. The summed E-state index contributed by atoms with van der Waals surface area (Å²) in [5.41, 5.74) is 9.89. The highest BCUT2D eigenvalue weighted by Gasteiger charge is 2.21. The minimum atomic E-state index is 0.139. The number of aromatic nitrogens is 5. The van der Waals surface area contributed by atoms with Crippen molar-refractivity contribution in [1.82, 2.24) is 30.0 Å². The lowest BCUT2D eigenvalue weighted by atomic mass is 10.1. The molecule has 1 aliphatic heterocycles. The number of pyridine rings is 2. The van der Waals surface area contributed by atoms with Crippen LogP contribution in [-0.2, 0) is 7.05 Å². The summed E-state index contributed by atoms with van der Waals surface area (Å²) in [6, 6.07) is 2.10. The number of rotatable bonds is 3. The second kappa shape index (κ2) is 6.24. The van der Waals surface area contributed by atoms with Gasteiger partial charge in [0.05, 0.1) is 23.3 Å². The molecule has 8 nitrogen and oxygen atoms in total. The van der Waals surface area contributed by atoms with E-state index >= 15 is 0 Å². The summed E-state index contributed by atoms with van der Waals surface area (Å²) >= 11 is 0. The van der Waals surface area contributed by atoms with Gasteiger partial charge in [-0.2, -0.15) is 5.10 Å². The van der Waals surface area contributed by atoms with E-state index in [0.29, 0.717) is 11.6 Å². The van der Waals surface area contributed by atoms with E-state index in [4.69, 9.17) is 10.5 Å². The highest BCUT2D eigenvalue weighted by molar-refractivity contribution is 6.11. The predicted molar refractivity (Wildman–Crippen MR) is 105 cm³/mol. The molecule has 8 heteroatoms. The molecular weight excluding hydrogens is 342 g/mol. The molecule has 0 spiro atoms. The second-order valence-corrected chi connectivity index (χ2v) is 6.98. The number of aryl methyl sites for hydroxylation is 1. The number of ether oxygens (including phenoxy) is 1. The zero-order valence-electron chi connectivity index (χ0n) is 15.1. The van der Waals surface area contributed by atoms with Crippen molar-refractivity contribution in [2.75, 3.05) is 18.8 Å². The van der Waals surface area contributed by atoms with Crippen molar-refractivity contribution >= 4 is 27.8 Å². The summed E-state index contributed by atoms with van der Waals surface area (Å²) in [6.07, 6.45) is 9.44. The molecule has 5 rings (SSSR count). The molecule has 1 fully saturated rings. The van der Waals surface area contributed by atoms with E-state index < -0.39 is 0 Å². The second-order valence-electron chi connectivity index (χ2n) is 6.98. The van der Waals surface area contributed by atoms with Crippen molar-refractivity contribution in [3.8, 4) is 16.9 Å². The zero-order chi connectivity index (χ0) is 18.4. The van der Waals surface area contributed by atoms with E-state index in [2.05, 4.69) is 31.4 Å². The molecule has 5 heterocycles. The van der Waals surface area contributed by atoms with Gasteiger partial charge in [0.1, 0.15) is 11.8 Å². The van der Waals surface area contributed by atoms with Crippen LogP contribution in [0.5, 0.6) is 5.75 Å². The first-order valence-corrected chi connectivity index (χ1v) is 9.11. The number of nitrogens with zero attached hydrogens (tertiary/aromatic N) is 4. The first-order valence-electron chi connectivity index (χ1n) is 9.11.